The summed E-state index contributed by atoms with van der Waals surface area (Å²) >= 11 is 6.34. The number of hydrogen-bond acceptors (Lipinski definition) is 3. The number of rotatable bonds is 3. The van der Waals surface area contributed by atoms with Gasteiger partial charge in [-0.15, -0.1) is 0 Å². The minimum Gasteiger partial charge on any atom is -0.324 e. The Labute approximate surface area is 162 Å². The average Bonchev–Trinajstić information content (AvgIpc) is 2.60. The van der Waals surface area contributed by atoms with Gasteiger partial charge in [0.2, 0.25) is 0 Å². The van der Waals surface area contributed by atoms with Crippen molar-refractivity contribution >= 4 is 23.3 Å². The molecule has 0 saturated carbocycles. The number of amides is 2. The normalized spacial score (nSPS) is 22.5. The summed E-state index contributed by atoms with van der Waals surface area (Å²) in [5.41, 5.74) is 2.86. The molecule has 6 heteroatoms. The third kappa shape index (κ3) is 4.90. The van der Waals surface area contributed by atoms with Crippen molar-refractivity contribution in [2.45, 2.75) is 26.7 Å². The van der Waals surface area contributed by atoms with E-state index in [1.165, 1.54) is 6.42 Å². The summed E-state index contributed by atoms with van der Waals surface area (Å²) < 4.78 is 0. The second-order valence-electron chi connectivity index (χ2n) is 7.93. The van der Waals surface area contributed by atoms with Crippen molar-refractivity contribution in [3.63, 3.8) is 0 Å². The molecule has 0 radical (unpaired) electrons. The van der Waals surface area contributed by atoms with E-state index in [0.717, 1.165) is 69.0 Å². The predicted molar refractivity (Wildman–Crippen MR) is 108 cm³/mol. The number of hydrogen-bond donors (Lipinski definition) is 1. The van der Waals surface area contributed by atoms with Crippen molar-refractivity contribution in [2.75, 3.05) is 58.2 Å². The Hall–Kier alpha value is -1.30. The van der Waals surface area contributed by atoms with Gasteiger partial charge < -0.3 is 20.0 Å². The number of carbonyl (C=O) groups excluding carboxylic acids is 1. The molecular formula is C20H31ClN4O. The first kappa shape index (κ1) is 19.5. The van der Waals surface area contributed by atoms with E-state index in [2.05, 4.69) is 22.2 Å². The molecule has 2 fully saturated rings. The maximum Gasteiger partial charge on any atom is 0.321 e. The predicted octanol–water partition coefficient (Wildman–Crippen LogP) is 3.45. The molecule has 0 aromatic heterocycles. The molecule has 1 aromatic rings. The van der Waals surface area contributed by atoms with Crippen LogP contribution in [-0.2, 0) is 0 Å². The number of carbonyl (C=O) groups is 1. The third-order valence-electron chi connectivity index (χ3n) is 5.58. The monoisotopic (exact) mass is 378 g/mol. The van der Waals surface area contributed by atoms with Gasteiger partial charge in [-0.25, -0.2) is 4.79 Å². The van der Waals surface area contributed by atoms with E-state index in [-0.39, 0.29) is 6.03 Å². The van der Waals surface area contributed by atoms with Crippen molar-refractivity contribution < 1.29 is 4.79 Å². The zero-order valence-corrected chi connectivity index (χ0v) is 17.0. The SMILES string of the molecule is Cc1cc(C)c(NC(=O)N2CCC[C@H](CN3CCN(C)CC3)C2)c(Cl)c1. The Bertz CT molecular complexity index is 620. The number of nitrogens with zero attached hydrogens (tertiary/aromatic N) is 3. The highest BCUT2D eigenvalue weighted by molar-refractivity contribution is 6.34. The number of halogens is 1. The number of nitrogens with one attached hydrogen (secondary N) is 1. The Morgan fingerprint density at radius 1 is 1.19 bits per heavy atom. The van der Waals surface area contributed by atoms with Crippen molar-refractivity contribution in [3.8, 4) is 0 Å². The maximum absolute atomic E-state index is 12.8. The first-order valence-corrected chi connectivity index (χ1v) is 10.0. The van der Waals surface area contributed by atoms with Gasteiger partial charge >= 0.3 is 6.03 Å². The minimum absolute atomic E-state index is 0.0260. The van der Waals surface area contributed by atoms with Crippen LogP contribution in [0.25, 0.3) is 0 Å². The number of likely N-dealkylation sites (N-methyl/N-ethyl adjacent to an activating group) is 1. The smallest absolute Gasteiger partial charge is 0.321 e. The quantitative estimate of drug-likeness (QED) is 0.875. The van der Waals surface area contributed by atoms with Crippen molar-refractivity contribution in [1.82, 2.24) is 14.7 Å². The topological polar surface area (TPSA) is 38.8 Å². The fourth-order valence-corrected chi connectivity index (χ4v) is 4.42. The van der Waals surface area contributed by atoms with Gasteiger partial charge in [0.15, 0.2) is 0 Å². The van der Waals surface area contributed by atoms with Crippen LogP contribution >= 0.6 is 11.6 Å². The Morgan fingerprint density at radius 3 is 2.62 bits per heavy atom. The van der Waals surface area contributed by atoms with Crippen molar-refractivity contribution in [3.05, 3.63) is 28.3 Å². The van der Waals surface area contributed by atoms with Crippen LogP contribution in [0.2, 0.25) is 5.02 Å². The summed E-state index contributed by atoms with van der Waals surface area (Å²) in [6.45, 7) is 11.3. The standard InChI is InChI=1S/C20H31ClN4O/c1-15-11-16(2)19(18(21)12-15)22-20(26)25-6-4-5-17(14-25)13-24-9-7-23(3)8-10-24/h11-12,17H,4-10,13-14H2,1-3H3,(H,22,26)/t17-/m1/s1. The average molecular weight is 379 g/mol. The van der Waals surface area contributed by atoms with Crippen molar-refractivity contribution in [1.29, 1.82) is 0 Å². The molecule has 1 N–H and O–H groups in total. The number of piperidine rings is 1. The van der Waals surface area contributed by atoms with E-state index in [4.69, 9.17) is 11.6 Å². The molecule has 2 aliphatic rings. The Balaban J connectivity index is 1.56. The molecule has 26 heavy (non-hydrogen) atoms. The number of aryl methyl sites for hydroxylation is 2. The molecule has 2 amide bonds. The summed E-state index contributed by atoms with van der Waals surface area (Å²) in [7, 11) is 2.18. The first-order chi connectivity index (χ1) is 12.4. The molecule has 3 rings (SSSR count). The number of anilines is 1. The zero-order valence-electron chi connectivity index (χ0n) is 16.2. The van der Waals surface area contributed by atoms with Crippen LogP contribution < -0.4 is 5.32 Å². The molecule has 144 valence electrons. The van der Waals surface area contributed by atoms with E-state index in [0.29, 0.717) is 10.9 Å². The van der Waals surface area contributed by atoms with Gasteiger partial charge in [-0.05, 0) is 56.8 Å². The molecular weight excluding hydrogens is 348 g/mol. The summed E-state index contributed by atoms with van der Waals surface area (Å²) in [6.07, 6.45) is 2.28. The molecule has 0 spiro atoms. The molecule has 0 aliphatic carbocycles. The highest BCUT2D eigenvalue weighted by Gasteiger charge is 2.26. The van der Waals surface area contributed by atoms with Gasteiger partial charge in [0, 0.05) is 45.8 Å². The molecule has 5 nitrogen and oxygen atoms in total. The number of piperazine rings is 1. The molecule has 2 saturated heterocycles. The minimum atomic E-state index is -0.0260. The highest BCUT2D eigenvalue weighted by Crippen LogP contribution is 2.28. The van der Waals surface area contributed by atoms with Crippen LogP contribution in [0.4, 0.5) is 10.5 Å². The second kappa shape index (κ2) is 8.59. The highest BCUT2D eigenvalue weighted by atomic mass is 35.5. The fourth-order valence-electron chi connectivity index (χ4n) is 4.05. The molecule has 2 aliphatic heterocycles. The van der Waals surface area contributed by atoms with E-state index < -0.39 is 0 Å². The summed E-state index contributed by atoms with van der Waals surface area (Å²) in [4.78, 5) is 19.7. The lowest BCUT2D eigenvalue weighted by Crippen LogP contribution is -2.49. The fraction of sp³-hybridized carbons (Fsp3) is 0.650. The lowest BCUT2D eigenvalue weighted by molar-refractivity contribution is 0.109. The van der Waals surface area contributed by atoms with Gasteiger partial charge in [-0.1, -0.05) is 17.7 Å². The summed E-state index contributed by atoms with van der Waals surface area (Å²) in [5, 5.41) is 3.65. The van der Waals surface area contributed by atoms with Crippen LogP contribution in [0.3, 0.4) is 0 Å². The Kier molecular flexibility index (Phi) is 6.43. The lowest BCUT2D eigenvalue weighted by Gasteiger charge is -2.38. The number of likely N-dealkylation sites (tertiary alicyclic amines) is 1. The van der Waals surface area contributed by atoms with E-state index >= 15 is 0 Å². The van der Waals surface area contributed by atoms with Gasteiger partial charge in [0.05, 0.1) is 10.7 Å². The van der Waals surface area contributed by atoms with Crippen LogP contribution in [0.15, 0.2) is 12.1 Å². The van der Waals surface area contributed by atoms with Crippen LogP contribution in [0, 0.1) is 19.8 Å². The summed E-state index contributed by atoms with van der Waals surface area (Å²) in [5.74, 6) is 0.562. The number of urea groups is 1. The van der Waals surface area contributed by atoms with Gasteiger partial charge in [-0.3, -0.25) is 0 Å². The van der Waals surface area contributed by atoms with E-state index in [1.807, 2.05) is 30.9 Å². The second-order valence-corrected chi connectivity index (χ2v) is 8.33. The van der Waals surface area contributed by atoms with Crippen LogP contribution in [-0.4, -0.2) is 73.6 Å². The maximum atomic E-state index is 12.8. The largest absolute Gasteiger partial charge is 0.324 e. The van der Waals surface area contributed by atoms with Crippen LogP contribution in [0.1, 0.15) is 24.0 Å². The van der Waals surface area contributed by atoms with E-state index in [1.54, 1.807) is 0 Å². The lowest BCUT2D eigenvalue weighted by atomic mass is 9.97. The van der Waals surface area contributed by atoms with Crippen molar-refractivity contribution in [2.24, 2.45) is 5.92 Å². The number of benzene rings is 1. The molecule has 0 bridgehead atoms. The first-order valence-electron chi connectivity index (χ1n) is 9.66. The molecule has 0 unspecified atom stereocenters. The zero-order chi connectivity index (χ0) is 18.7. The van der Waals surface area contributed by atoms with Crippen LogP contribution in [0.5, 0.6) is 0 Å². The molecule has 1 aromatic carbocycles. The Morgan fingerprint density at radius 2 is 1.92 bits per heavy atom. The third-order valence-corrected chi connectivity index (χ3v) is 5.88. The summed E-state index contributed by atoms with van der Waals surface area (Å²) in [6, 6.07) is 3.92. The molecule has 2 heterocycles. The van der Waals surface area contributed by atoms with Gasteiger partial charge in [0.25, 0.3) is 0 Å². The van der Waals surface area contributed by atoms with Gasteiger partial charge in [-0.2, -0.15) is 0 Å². The van der Waals surface area contributed by atoms with E-state index in [9.17, 15) is 4.79 Å². The molecule has 1 atom stereocenters. The van der Waals surface area contributed by atoms with Gasteiger partial charge in [0.1, 0.15) is 0 Å².